The summed E-state index contributed by atoms with van der Waals surface area (Å²) >= 11 is 0. The summed E-state index contributed by atoms with van der Waals surface area (Å²) in [5, 5.41) is 3.32. The van der Waals surface area contributed by atoms with Crippen molar-refractivity contribution in [2.24, 2.45) is 5.92 Å². The molecule has 1 aliphatic heterocycles. The highest BCUT2D eigenvalue weighted by Crippen LogP contribution is 2.19. The fourth-order valence-electron chi connectivity index (χ4n) is 2.59. The van der Waals surface area contributed by atoms with Crippen LogP contribution in [0.5, 0.6) is 0 Å². The monoisotopic (exact) mass is 278 g/mol. The average molecular weight is 278 g/mol. The van der Waals surface area contributed by atoms with Crippen molar-refractivity contribution in [1.29, 1.82) is 0 Å². The second kappa shape index (κ2) is 6.39. The number of H-pyrrole nitrogens is 1. The molecule has 2 rings (SSSR count). The summed E-state index contributed by atoms with van der Waals surface area (Å²) in [5.74, 6) is 2.31. The van der Waals surface area contributed by atoms with Gasteiger partial charge in [0.25, 0.3) is 5.56 Å². The molecule has 0 bridgehead atoms. The molecule has 1 saturated heterocycles. The van der Waals surface area contributed by atoms with Gasteiger partial charge in [-0.3, -0.25) is 4.79 Å². The van der Waals surface area contributed by atoms with Crippen molar-refractivity contribution in [3.63, 3.8) is 0 Å². The second-order valence-corrected chi connectivity index (χ2v) is 6.29. The molecule has 0 radical (unpaired) electrons. The third-order valence-corrected chi connectivity index (χ3v) is 3.93. The fourth-order valence-corrected chi connectivity index (χ4v) is 2.59. The number of hydrogen-bond acceptors (Lipinski definition) is 4. The van der Waals surface area contributed by atoms with E-state index in [1.165, 1.54) is 13.0 Å². The van der Waals surface area contributed by atoms with Gasteiger partial charge in [-0.15, -0.1) is 0 Å². The van der Waals surface area contributed by atoms with Gasteiger partial charge in [-0.25, -0.2) is 4.98 Å². The van der Waals surface area contributed by atoms with Gasteiger partial charge in [-0.05, 0) is 32.7 Å². The Bertz CT molecular complexity index is 495. The number of nitrogens with zero attached hydrogens (tertiary/aromatic N) is 2. The molecule has 20 heavy (non-hydrogen) atoms. The van der Waals surface area contributed by atoms with Gasteiger partial charge in [0, 0.05) is 31.1 Å². The van der Waals surface area contributed by atoms with E-state index < -0.39 is 0 Å². The van der Waals surface area contributed by atoms with Gasteiger partial charge in [-0.2, -0.15) is 0 Å². The number of aromatic nitrogens is 2. The number of nitrogens with one attached hydrogen (secondary N) is 2. The van der Waals surface area contributed by atoms with E-state index in [4.69, 9.17) is 0 Å². The third-order valence-electron chi connectivity index (χ3n) is 3.93. The fraction of sp³-hybridized carbons (Fsp3) is 0.733. The summed E-state index contributed by atoms with van der Waals surface area (Å²) in [4.78, 5) is 21.4. The largest absolute Gasteiger partial charge is 0.370 e. The summed E-state index contributed by atoms with van der Waals surface area (Å²) in [6.07, 6.45) is 1.21. The van der Waals surface area contributed by atoms with Gasteiger partial charge < -0.3 is 15.2 Å². The molecule has 2 N–H and O–H groups in total. The van der Waals surface area contributed by atoms with Crippen molar-refractivity contribution in [3.05, 3.63) is 22.2 Å². The van der Waals surface area contributed by atoms with Crippen LogP contribution in [0, 0.1) is 5.92 Å². The minimum absolute atomic E-state index is 0.0820. The Morgan fingerprint density at radius 1 is 1.45 bits per heavy atom. The highest BCUT2D eigenvalue weighted by molar-refractivity contribution is 5.33. The van der Waals surface area contributed by atoms with Gasteiger partial charge in [0.05, 0.1) is 0 Å². The second-order valence-electron chi connectivity index (χ2n) is 6.29. The SMILES string of the molecule is CC(C)c1nc(NCC2CCN(C(C)C)C2)cc(=O)[nH]1. The molecule has 1 unspecified atom stereocenters. The van der Waals surface area contributed by atoms with Crippen molar-refractivity contribution < 1.29 is 0 Å². The third kappa shape index (κ3) is 3.82. The molecule has 2 heterocycles. The van der Waals surface area contributed by atoms with Crippen LogP contribution in [0.1, 0.15) is 45.9 Å². The van der Waals surface area contributed by atoms with Crippen LogP contribution in [0.2, 0.25) is 0 Å². The quantitative estimate of drug-likeness (QED) is 0.865. The van der Waals surface area contributed by atoms with Crippen LogP contribution in [-0.4, -0.2) is 40.5 Å². The van der Waals surface area contributed by atoms with Gasteiger partial charge in [-0.1, -0.05) is 13.8 Å². The van der Waals surface area contributed by atoms with E-state index >= 15 is 0 Å². The number of aromatic amines is 1. The lowest BCUT2D eigenvalue weighted by molar-refractivity contribution is 0.266. The molecule has 1 fully saturated rings. The molecule has 1 aromatic heterocycles. The first kappa shape index (κ1) is 15.0. The number of anilines is 1. The molecule has 0 aromatic carbocycles. The summed E-state index contributed by atoms with van der Waals surface area (Å²) in [6.45, 7) is 11.7. The molecule has 1 aromatic rings. The number of likely N-dealkylation sites (tertiary alicyclic amines) is 1. The zero-order valence-electron chi connectivity index (χ0n) is 12.9. The minimum atomic E-state index is -0.0820. The molecule has 5 heteroatoms. The van der Waals surface area contributed by atoms with Crippen LogP contribution < -0.4 is 10.9 Å². The standard InChI is InChI=1S/C15H26N4O/c1-10(2)15-17-13(7-14(20)18-15)16-8-12-5-6-19(9-12)11(3)4/h7,10-12H,5-6,8-9H2,1-4H3,(H2,16,17,18,20). The van der Waals surface area contributed by atoms with E-state index in [2.05, 4.69) is 34.0 Å². The average Bonchev–Trinajstić information content (AvgIpc) is 2.84. The first-order chi connectivity index (χ1) is 9.45. The molecule has 0 aliphatic carbocycles. The number of hydrogen-bond donors (Lipinski definition) is 2. The molecule has 0 saturated carbocycles. The van der Waals surface area contributed by atoms with Crippen molar-refractivity contribution >= 4 is 5.82 Å². The van der Waals surface area contributed by atoms with E-state index in [9.17, 15) is 4.79 Å². The maximum Gasteiger partial charge on any atom is 0.252 e. The molecule has 0 amide bonds. The van der Waals surface area contributed by atoms with E-state index in [1.54, 1.807) is 6.07 Å². The summed E-state index contributed by atoms with van der Waals surface area (Å²) in [6, 6.07) is 2.16. The van der Waals surface area contributed by atoms with Crippen LogP contribution in [0.15, 0.2) is 10.9 Å². The normalized spacial score (nSPS) is 20.0. The lowest BCUT2D eigenvalue weighted by Gasteiger charge is -2.20. The Balaban J connectivity index is 1.93. The molecular weight excluding hydrogens is 252 g/mol. The smallest absolute Gasteiger partial charge is 0.252 e. The highest BCUT2D eigenvalue weighted by Gasteiger charge is 2.23. The molecule has 0 spiro atoms. The van der Waals surface area contributed by atoms with Crippen LogP contribution in [0.25, 0.3) is 0 Å². The topological polar surface area (TPSA) is 61.0 Å². The number of rotatable bonds is 5. The van der Waals surface area contributed by atoms with Crippen LogP contribution in [0.3, 0.4) is 0 Å². The molecule has 5 nitrogen and oxygen atoms in total. The predicted molar refractivity (Wildman–Crippen MR) is 82.3 cm³/mol. The maximum atomic E-state index is 11.6. The van der Waals surface area contributed by atoms with Gasteiger partial charge in [0.15, 0.2) is 0 Å². The zero-order chi connectivity index (χ0) is 14.7. The van der Waals surface area contributed by atoms with Crippen LogP contribution in [-0.2, 0) is 0 Å². The first-order valence-corrected chi connectivity index (χ1v) is 7.55. The zero-order valence-corrected chi connectivity index (χ0v) is 12.9. The van der Waals surface area contributed by atoms with Crippen molar-refractivity contribution in [3.8, 4) is 0 Å². The lowest BCUT2D eigenvalue weighted by atomic mass is 10.1. The van der Waals surface area contributed by atoms with Crippen molar-refractivity contribution in [2.45, 2.75) is 46.1 Å². The molecule has 112 valence electrons. The van der Waals surface area contributed by atoms with Gasteiger partial charge in [0.1, 0.15) is 11.6 Å². The first-order valence-electron chi connectivity index (χ1n) is 7.55. The minimum Gasteiger partial charge on any atom is -0.370 e. The summed E-state index contributed by atoms with van der Waals surface area (Å²) in [5.41, 5.74) is -0.0820. The molecule has 1 aliphatic rings. The Kier molecular flexibility index (Phi) is 4.81. The Morgan fingerprint density at radius 2 is 2.20 bits per heavy atom. The Hall–Kier alpha value is -1.36. The van der Waals surface area contributed by atoms with Crippen molar-refractivity contribution in [2.75, 3.05) is 25.0 Å². The Labute approximate surface area is 120 Å². The van der Waals surface area contributed by atoms with Gasteiger partial charge >= 0.3 is 0 Å². The van der Waals surface area contributed by atoms with Crippen LogP contribution in [0.4, 0.5) is 5.82 Å². The van der Waals surface area contributed by atoms with Crippen LogP contribution >= 0.6 is 0 Å². The Morgan fingerprint density at radius 3 is 2.80 bits per heavy atom. The lowest BCUT2D eigenvalue weighted by Crippen LogP contribution is -2.29. The molecule has 1 atom stereocenters. The highest BCUT2D eigenvalue weighted by atomic mass is 16.1. The van der Waals surface area contributed by atoms with Crippen molar-refractivity contribution in [1.82, 2.24) is 14.9 Å². The molecular formula is C15H26N4O. The summed E-state index contributed by atoms with van der Waals surface area (Å²) in [7, 11) is 0. The predicted octanol–water partition coefficient (Wildman–Crippen LogP) is 2.04. The van der Waals surface area contributed by atoms with E-state index in [0.29, 0.717) is 17.8 Å². The van der Waals surface area contributed by atoms with Gasteiger partial charge in [0.2, 0.25) is 0 Å². The maximum absolute atomic E-state index is 11.6. The van der Waals surface area contributed by atoms with E-state index in [-0.39, 0.29) is 11.5 Å². The van der Waals surface area contributed by atoms with E-state index in [0.717, 1.165) is 18.9 Å². The van der Waals surface area contributed by atoms with E-state index in [1.807, 2.05) is 13.8 Å². The summed E-state index contributed by atoms with van der Waals surface area (Å²) < 4.78 is 0.